The third-order valence-electron chi connectivity index (χ3n) is 13.4. The van der Waals surface area contributed by atoms with Crippen molar-refractivity contribution >= 4 is 88.2 Å². The van der Waals surface area contributed by atoms with Crippen LogP contribution in [0.15, 0.2) is 34.9 Å². The number of aromatic nitrogens is 12. The average molecular weight is 1240 g/mol. The summed E-state index contributed by atoms with van der Waals surface area (Å²) in [5.41, 5.74) is 13.7. The first-order valence-corrected chi connectivity index (χ1v) is 30.5. The van der Waals surface area contributed by atoms with E-state index >= 15 is 0 Å². The van der Waals surface area contributed by atoms with E-state index in [9.17, 15) is 67.5 Å². The van der Waals surface area contributed by atoms with Crippen LogP contribution in [0.4, 0.5) is 17.7 Å². The lowest BCUT2D eigenvalue weighted by Gasteiger charge is -2.29. The van der Waals surface area contributed by atoms with E-state index in [2.05, 4.69) is 48.5 Å². The molecule has 0 saturated carbocycles. The molecular formula is C39H57N16O23P4+. The first-order valence-electron chi connectivity index (χ1n) is 24.4. The number of anilines is 3. The third kappa shape index (κ3) is 12.5. The first kappa shape index (κ1) is 61.0. The van der Waals surface area contributed by atoms with Crippen LogP contribution < -0.4 is 32.9 Å². The zero-order valence-corrected chi connectivity index (χ0v) is 46.9. The molecule has 6 aromatic rings. The second-order valence-corrected chi connectivity index (χ2v) is 25.8. The molecule has 0 radical (unpaired) electrons. The molecule has 0 aromatic carbocycles. The lowest BCUT2D eigenvalue weighted by atomic mass is 9.94. The molecular weight excluding hydrogens is 1180 g/mol. The van der Waals surface area contributed by atoms with Gasteiger partial charge in [-0.1, -0.05) is 18.3 Å². The van der Waals surface area contributed by atoms with Crippen molar-refractivity contribution in [2.45, 2.75) is 93.3 Å². The fourth-order valence-electron chi connectivity index (χ4n) is 9.50. The lowest BCUT2D eigenvalue weighted by Crippen LogP contribution is -2.45. The number of nitrogens with one attached hydrogen (secondary N) is 2. The van der Waals surface area contributed by atoms with Gasteiger partial charge in [0.2, 0.25) is 23.6 Å². The van der Waals surface area contributed by atoms with Gasteiger partial charge in [0, 0.05) is 33.0 Å². The number of rotatable bonds is 23. The van der Waals surface area contributed by atoms with Crippen LogP contribution >= 0.6 is 31.1 Å². The third-order valence-corrected chi connectivity index (χ3v) is 19.5. The molecule has 3 fully saturated rings. The minimum absolute atomic E-state index is 0.00558. The zero-order valence-electron chi connectivity index (χ0n) is 43.3. The molecule has 15 N–H and O–H groups in total. The summed E-state index contributed by atoms with van der Waals surface area (Å²) in [7, 11) is -19.3. The average Bonchev–Trinajstić information content (AvgIpc) is 3.97. The van der Waals surface area contributed by atoms with Gasteiger partial charge in [-0.2, -0.15) is 13.6 Å². The number of carbonyl (C=O) groups excluding carboxylic acids is 1. The molecule has 39 nitrogen and oxygen atoms in total. The highest BCUT2D eigenvalue weighted by atomic mass is 31.3. The number of amides is 1. The summed E-state index contributed by atoms with van der Waals surface area (Å²) in [6, 6.07) is 0. The Morgan fingerprint density at radius 2 is 1.37 bits per heavy atom. The van der Waals surface area contributed by atoms with E-state index in [0.29, 0.717) is 12.8 Å². The molecule has 3 aliphatic heterocycles. The van der Waals surface area contributed by atoms with Crippen LogP contribution in [0.2, 0.25) is 0 Å². The van der Waals surface area contributed by atoms with Crippen molar-refractivity contribution in [3.05, 3.63) is 46.0 Å². The maximum absolute atomic E-state index is 14.7. The molecule has 9 rings (SSSR count). The summed E-state index contributed by atoms with van der Waals surface area (Å²) in [5.74, 6) is -2.50. The van der Waals surface area contributed by atoms with Crippen molar-refractivity contribution in [1.82, 2.24) is 58.5 Å². The first-order chi connectivity index (χ1) is 38.5. The normalized spacial score (nSPS) is 28.8. The number of aliphatic hydroxyl groups excluding tert-OH is 3. The summed E-state index contributed by atoms with van der Waals surface area (Å²) in [4.78, 5) is 112. The fraction of sp³-hybridized carbons (Fsp3) is 0.590. The van der Waals surface area contributed by atoms with E-state index in [1.54, 1.807) is 0 Å². The number of H-pyrrole nitrogens is 2. The van der Waals surface area contributed by atoms with Crippen molar-refractivity contribution in [2.24, 2.45) is 13.0 Å². The van der Waals surface area contributed by atoms with E-state index in [1.807, 2.05) is 6.92 Å². The summed E-state index contributed by atoms with van der Waals surface area (Å²) in [6.07, 6.45) is -11.3. The summed E-state index contributed by atoms with van der Waals surface area (Å²) in [6.45, 7) is -1.63. The Bertz CT molecular complexity index is 3690. The molecule has 82 heavy (non-hydrogen) atoms. The quantitative estimate of drug-likeness (QED) is 0.0176. The van der Waals surface area contributed by atoms with Gasteiger partial charge in [-0.05, 0) is 6.42 Å². The number of phosphoric ester groups is 2. The molecule has 1 amide bonds. The molecule has 5 unspecified atom stereocenters. The van der Waals surface area contributed by atoms with E-state index in [1.165, 1.54) is 52.4 Å². The standard InChI is InChI=1S/C39H56N16O23P4/c1-5-6-7-70-27-28(79(62,63)71-10-18-25(58)26(59)36(75-18)54-14-46-22-31(54)47-38(41)49-33(22)60)19(76-37(27)53-13-45-21-29(40)43-12-44-30(21)53)11-73-81(66,67)78-82(68,69)77-80(64,65)72-9-17-16(8-20(56)51(2)3)24(57)35(74-17)55-15-52(4)23-32(55)48-39(42)50-34(23)61/h12-19,24-28,35-37,57-59H,5-11H2,1-4H3,(H11-,40,41,42,43,44,47,48,49,50,60,61,62,63,64,65,66,67,68,69)/p+1/t16-,17-,18-,19-,24-,25-,26-,27-,28-,35?,36-,37-/m1/s1. The van der Waals surface area contributed by atoms with Crippen molar-refractivity contribution in [3.8, 4) is 0 Å². The molecule has 43 heteroatoms. The van der Waals surface area contributed by atoms with E-state index < -0.39 is 147 Å². The number of aryl methyl sites for hydroxylation is 1. The number of fused-ring (bicyclic) bond motifs is 3. The van der Waals surface area contributed by atoms with Crippen molar-refractivity contribution in [1.29, 1.82) is 0 Å². The van der Waals surface area contributed by atoms with Gasteiger partial charge in [-0.15, -0.1) is 0 Å². The Labute approximate surface area is 459 Å². The van der Waals surface area contributed by atoms with Crippen LogP contribution in [0.5, 0.6) is 0 Å². The van der Waals surface area contributed by atoms with Gasteiger partial charge < -0.3 is 80.5 Å². The summed E-state index contributed by atoms with van der Waals surface area (Å²) < 4.78 is 108. The van der Waals surface area contributed by atoms with E-state index in [-0.39, 0.29) is 57.8 Å². The number of hydrogen-bond acceptors (Lipinski definition) is 28. The highest BCUT2D eigenvalue weighted by Gasteiger charge is 2.58. The van der Waals surface area contributed by atoms with Crippen molar-refractivity contribution in [2.75, 3.05) is 57.7 Å². The maximum atomic E-state index is 14.7. The van der Waals surface area contributed by atoms with Crippen LogP contribution in [0.1, 0.15) is 44.9 Å². The van der Waals surface area contributed by atoms with E-state index in [0.717, 1.165) is 17.2 Å². The van der Waals surface area contributed by atoms with Crippen molar-refractivity contribution < 1.29 is 104 Å². The second kappa shape index (κ2) is 23.5. The van der Waals surface area contributed by atoms with Crippen LogP contribution in [0.3, 0.4) is 0 Å². The largest absolute Gasteiger partial charge is 0.490 e. The van der Waals surface area contributed by atoms with Gasteiger partial charge in [0.05, 0.1) is 45.6 Å². The summed E-state index contributed by atoms with van der Waals surface area (Å²) in [5, 5.41) is 33.7. The fourth-order valence-corrected chi connectivity index (χ4v) is 14.7. The minimum atomic E-state index is -6.26. The van der Waals surface area contributed by atoms with Crippen LogP contribution in [0.25, 0.3) is 33.5 Å². The Balaban J connectivity index is 0.919. The number of unbranched alkanes of at least 4 members (excludes halogenated alkanes) is 1. The van der Waals surface area contributed by atoms with Gasteiger partial charge in [0.15, 0.2) is 41.4 Å². The smallest absolute Gasteiger partial charge is 0.387 e. The molecule has 3 saturated heterocycles. The molecule has 0 spiro atoms. The van der Waals surface area contributed by atoms with Gasteiger partial charge >= 0.3 is 36.7 Å². The summed E-state index contributed by atoms with van der Waals surface area (Å²) >= 11 is 0. The van der Waals surface area contributed by atoms with Gasteiger partial charge in [0.25, 0.3) is 17.1 Å². The number of ether oxygens (including phenoxy) is 4. The maximum Gasteiger partial charge on any atom is 0.490 e. The van der Waals surface area contributed by atoms with Crippen molar-refractivity contribution in [3.63, 3.8) is 0 Å². The van der Waals surface area contributed by atoms with Gasteiger partial charge in [0.1, 0.15) is 54.1 Å². The molecule has 0 aliphatic carbocycles. The Morgan fingerprint density at radius 1 is 0.756 bits per heavy atom. The number of aliphatic hydroxyl groups is 3. The van der Waals surface area contributed by atoms with Gasteiger partial charge in [-0.25, -0.2) is 38.2 Å². The highest BCUT2D eigenvalue weighted by Crippen LogP contribution is 2.68. The highest BCUT2D eigenvalue weighted by molar-refractivity contribution is 7.66. The molecule has 9 heterocycles. The van der Waals surface area contributed by atoms with Crippen LogP contribution in [0, 0.1) is 5.92 Å². The number of carbonyl (C=O) groups is 1. The molecule has 6 aromatic heterocycles. The Morgan fingerprint density at radius 3 is 2.04 bits per heavy atom. The zero-order chi connectivity index (χ0) is 59.5. The molecule has 3 aliphatic rings. The molecule has 0 bridgehead atoms. The SMILES string of the molecule is CCCCO[C@@H]1[C@H](P(=O)(O)OC[C@H]2O[C@@H](n3cnc4c(=O)[nH]c(N)nc43)[C@H](O)[C@@H]2O)[C@@H](COP(=O)(O)OP(=O)(O)OP(=O)(O)OC[C@H]2OC([n+]3cn(C)c4c(=O)[nH]c(N)nc43)[C@H](O)[C@@H]2CC(=O)N(C)C)O[C@H]1n1cnc2c(N)ncnc21. The predicted molar refractivity (Wildman–Crippen MR) is 273 cm³/mol. The predicted octanol–water partition coefficient (Wildman–Crippen LogP) is -2.74. The van der Waals surface area contributed by atoms with Crippen LogP contribution in [-0.2, 0) is 71.2 Å². The molecule has 16 atom stereocenters. The van der Waals surface area contributed by atoms with E-state index in [4.69, 9.17) is 49.7 Å². The number of nitrogens with two attached hydrogens (primary N) is 3. The lowest BCUT2D eigenvalue weighted by molar-refractivity contribution is -0.745. The number of aromatic amines is 2. The second-order valence-electron chi connectivity index (χ2n) is 19.1. The van der Waals surface area contributed by atoms with Gasteiger partial charge in [-0.3, -0.25) is 51.7 Å². The number of phosphoric acid groups is 3. The topological polar surface area (TPSA) is 553 Å². The minimum Gasteiger partial charge on any atom is -0.387 e. The number of hydrogen-bond donors (Lipinski definition) is 12. The Hall–Kier alpha value is -5.60. The van der Waals surface area contributed by atoms with Crippen LogP contribution in [-0.4, -0.2) is 188 Å². The monoisotopic (exact) mass is 1240 g/mol. The number of nitrogen functional groups attached to an aromatic ring is 3. The Kier molecular flexibility index (Phi) is 17.4. The number of nitrogens with zero attached hydrogens (tertiary/aromatic N) is 11. The number of imidazole rings is 3. The molecule has 450 valence electrons.